The van der Waals surface area contributed by atoms with Crippen molar-refractivity contribution < 1.29 is 4.57 Å². The molecule has 0 radical (unpaired) electrons. The summed E-state index contributed by atoms with van der Waals surface area (Å²) >= 11 is 0. The SMILES string of the molecule is Cc1ccc(-c2ccccc2)cc1-c1c2ccc([Si](C)(C)CC(C)(C)C)cc2cc[n+]1C. The lowest BCUT2D eigenvalue weighted by Gasteiger charge is -2.31. The highest BCUT2D eigenvalue weighted by Gasteiger charge is 2.30. The molecule has 2 heteroatoms. The van der Waals surface area contributed by atoms with Crippen LogP contribution in [-0.4, -0.2) is 8.07 Å². The van der Waals surface area contributed by atoms with Crippen LogP contribution in [0.25, 0.3) is 33.2 Å². The van der Waals surface area contributed by atoms with Crippen molar-refractivity contribution in [1.29, 1.82) is 0 Å². The molecule has 0 fully saturated rings. The zero-order valence-electron chi connectivity index (χ0n) is 20.7. The molecule has 0 aliphatic carbocycles. The lowest BCUT2D eigenvalue weighted by atomic mass is 9.95. The second-order valence-electron chi connectivity index (χ2n) is 11.1. The number of benzene rings is 3. The third-order valence-corrected chi connectivity index (χ3v) is 10.3. The number of aryl methyl sites for hydroxylation is 2. The number of aromatic nitrogens is 1. The van der Waals surface area contributed by atoms with E-state index >= 15 is 0 Å². The van der Waals surface area contributed by atoms with E-state index in [0.29, 0.717) is 5.41 Å². The highest BCUT2D eigenvalue weighted by Crippen LogP contribution is 2.33. The Bertz CT molecular complexity index is 1260. The first-order valence-electron chi connectivity index (χ1n) is 11.6. The molecule has 0 saturated heterocycles. The Labute approximate surface area is 194 Å². The molecule has 0 aliphatic rings. The van der Waals surface area contributed by atoms with Crippen LogP contribution in [0.1, 0.15) is 26.3 Å². The van der Waals surface area contributed by atoms with Crippen molar-refractivity contribution in [2.75, 3.05) is 0 Å². The third kappa shape index (κ3) is 4.56. The minimum atomic E-state index is -1.51. The smallest absolute Gasteiger partial charge is 0.200 e. The number of hydrogen-bond acceptors (Lipinski definition) is 0. The predicted octanol–water partition coefficient (Wildman–Crippen LogP) is 7.27. The lowest BCUT2D eigenvalue weighted by Crippen LogP contribution is -2.44. The molecular weight excluding hydrogens is 402 g/mol. The quantitative estimate of drug-likeness (QED) is 0.233. The molecule has 0 unspecified atom stereocenters. The van der Waals surface area contributed by atoms with E-state index in [4.69, 9.17) is 0 Å². The molecule has 0 saturated carbocycles. The highest BCUT2D eigenvalue weighted by atomic mass is 28.3. The normalized spacial score (nSPS) is 12.3. The number of fused-ring (bicyclic) bond motifs is 1. The first-order valence-corrected chi connectivity index (χ1v) is 14.9. The summed E-state index contributed by atoms with van der Waals surface area (Å²) in [4.78, 5) is 0. The maximum atomic E-state index is 2.51. The van der Waals surface area contributed by atoms with Gasteiger partial charge in [-0.05, 0) is 52.6 Å². The lowest BCUT2D eigenvalue weighted by molar-refractivity contribution is -0.659. The molecule has 4 aromatic rings. The topological polar surface area (TPSA) is 3.88 Å². The van der Waals surface area contributed by atoms with Gasteiger partial charge >= 0.3 is 0 Å². The van der Waals surface area contributed by atoms with E-state index in [-0.39, 0.29) is 0 Å². The standard InChI is InChI=1S/C30H36NSi/c1-22-13-14-24(23-11-9-8-10-12-23)20-28(22)29-27-16-15-26(19-25(27)17-18-31(29)5)32(6,7)21-30(2,3)4/h8-20H,21H2,1-7H3/q+1. The summed E-state index contributed by atoms with van der Waals surface area (Å²) in [6.07, 6.45) is 2.22. The van der Waals surface area contributed by atoms with E-state index in [0.717, 1.165) is 0 Å². The van der Waals surface area contributed by atoms with Crippen molar-refractivity contribution >= 4 is 24.0 Å². The molecule has 0 bridgehead atoms. The Morgan fingerprint density at radius 3 is 2.22 bits per heavy atom. The van der Waals surface area contributed by atoms with Gasteiger partial charge in [-0.3, -0.25) is 0 Å². The molecular formula is C30H36NSi+. The maximum Gasteiger partial charge on any atom is 0.220 e. The van der Waals surface area contributed by atoms with E-state index in [9.17, 15) is 0 Å². The van der Waals surface area contributed by atoms with Gasteiger partial charge in [0.2, 0.25) is 5.69 Å². The van der Waals surface area contributed by atoms with Crippen molar-refractivity contribution in [2.24, 2.45) is 12.5 Å². The van der Waals surface area contributed by atoms with Gasteiger partial charge in [0.15, 0.2) is 6.20 Å². The Morgan fingerprint density at radius 2 is 1.53 bits per heavy atom. The average Bonchev–Trinajstić information content (AvgIpc) is 2.73. The molecule has 1 aromatic heterocycles. The highest BCUT2D eigenvalue weighted by molar-refractivity contribution is 6.90. The van der Waals surface area contributed by atoms with Crippen LogP contribution in [0.5, 0.6) is 0 Å². The summed E-state index contributed by atoms with van der Waals surface area (Å²) in [7, 11) is 0.649. The summed E-state index contributed by atoms with van der Waals surface area (Å²) in [5, 5.41) is 4.22. The monoisotopic (exact) mass is 438 g/mol. The van der Waals surface area contributed by atoms with E-state index in [1.165, 1.54) is 44.8 Å². The molecule has 4 rings (SSSR count). The van der Waals surface area contributed by atoms with Gasteiger partial charge in [0.25, 0.3) is 0 Å². The van der Waals surface area contributed by atoms with Gasteiger partial charge in [-0.1, -0.05) is 93.6 Å². The van der Waals surface area contributed by atoms with E-state index < -0.39 is 8.07 Å². The molecule has 0 atom stereocenters. The van der Waals surface area contributed by atoms with Crippen LogP contribution in [0.3, 0.4) is 0 Å². The zero-order valence-corrected chi connectivity index (χ0v) is 21.7. The Balaban J connectivity index is 1.86. The Kier molecular flexibility index (Phi) is 5.85. The molecule has 164 valence electrons. The van der Waals surface area contributed by atoms with E-state index in [2.05, 4.69) is 131 Å². The Morgan fingerprint density at radius 1 is 0.812 bits per heavy atom. The van der Waals surface area contributed by atoms with Crippen LogP contribution in [0, 0.1) is 12.3 Å². The van der Waals surface area contributed by atoms with E-state index in [1.807, 2.05) is 0 Å². The molecule has 0 N–H and O–H groups in total. The fraction of sp³-hybridized carbons (Fsp3) is 0.300. The molecule has 0 aliphatic heterocycles. The number of hydrogen-bond donors (Lipinski definition) is 0. The minimum absolute atomic E-state index is 0.355. The van der Waals surface area contributed by atoms with Crippen LogP contribution < -0.4 is 9.75 Å². The summed E-state index contributed by atoms with van der Waals surface area (Å²) in [6, 6.07) is 28.3. The molecule has 32 heavy (non-hydrogen) atoms. The van der Waals surface area contributed by atoms with Crippen LogP contribution in [0.2, 0.25) is 19.1 Å². The first-order chi connectivity index (χ1) is 15.0. The number of nitrogens with zero attached hydrogens (tertiary/aromatic N) is 1. The van der Waals surface area contributed by atoms with Gasteiger partial charge in [0.05, 0.1) is 19.0 Å². The second-order valence-corrected chi connectivity index (χ2v) is 15.8. The van der Waals surface area contributed by atoms with Crippen LogP contribution in [0.15, 0.2) is 79.0 Å². The van der Waals surface area contributed by atoms with Crippen LogP contribution >= 0.6 is 0 Å². The van der Waals surface area contributed by atoms with Gasteiger partial charge in [-0.25, -0.2) is 4.57 Å². The van der Waals surface area contributed by atoms with E-state index in [1.54, 1.807) is 5.19 Å². The van der Waals surface area contributed by atoms with Crippen molar-refractivity contribution in [2.45, 2.75) is 46.8 Å². The van der Waals surface area contributed by atoms with Crippen LogP contribution in [0.4, 0.5) is 0 Å². The van der Waals surface area contributed by atoms with Crippen molar-refractivity contribution in [3.8, 4) is 22.4 Å². The molecule has 0 amide bonds. The van der Waals surface area contributed by atoms with Crippen LogP contribution in [-0.2, 0) is 7.05 Å². The van der Waals surface area contributed by atoms with Crippen molar-refractivity contribution in [3.05, 3.63) is 84.6 Å². The molecule has 1 nitrogen and oxygen atoms in total. The fourth-order valence-corrected chi connectivity index (χ4v) is 9.18. The zero-order chi connectivity index (χ0) is 23.1. The largest absolute Gasteiger partial charge is 0.220 e. The van der Waals surface area contributed by atoms with Gasteiger partial charge in [-0.15, -0.1) is 0 Å². The average molecular weight is 439 g/mol. The summed E-state index contributed by atoms with van der Waals surface area (Å²) < 4.78 is 2.27. The van der Waals surface area contributed by atoms with Gasteiger partial charge in [-0.2, -0.15) is 0 Å². The molecule has 3 aromatic carbocycles. The second kappa shape index (κ2) is 8.33. The summed E-state index contributed by atoms with van der Waals surface area (Å²) in [6.45, 7) is 14.3. The molecule has 1 heterocycles. The number of pyridine rings is 1. The summed E-state index contributed by atoms with van der Waals surface area (Å²) in [5.74, 6) is 0. The number of rotatable bonds is 4. The van der Waals surface area contributed by atoms with Crippen molar-refractivity contribution in [3.63, 3.8) is 0 Å². The molecule has 0 spiro atoms. The first kappa shape index (κ1) is 22.5. The maximum absolute atomic E-state index is 2.51. The minimum Gasteiger partial charge on any atom is -0.200 e. The Hall–Kier alpha value is -2.71. The van der Waals surface area contributed by atoms with Gasteiger partial charge in [0, 0.05) is 6.07 Å². The van der Waals surface area contributed by atoms with Gasteiger partial charge in [0.1, 0.15) is 7.05 Å². The summed E-state index contributed by atoms with van der Waals surface area (Å²) in [5.41, 5.74) is 6.78. The fourth-order valence-electron chi connectivity index (χ4n) is 5.24. The predicted molar refractivity (Wildman–Crippen MR) is 142 cm³/mol. The van der Waals surface area contributed by atoms with Gasteiger partial charge < -0.3 is 0 Å². The third-order valence-electron chi connectivity index (χ3n) is 6.49. The van der Waals surface area contributed by atoms with Crippen molar-refractivity contribution in [1.82, 2.24) is 0 Å².